The first-order valence-electron chi connectivity index (χ1n) is 10.3. The van der Waals surface area contributed by atoms with E-state index in [9.17, 15) is 18.0 Å². The van der Waals surface area contributed by atoms with Crippen LogP contribution in [0.2, 0.25) is 5.02 Å². The molecule has 0 radical (unpaired) electrons. The van der Waals surface area contributed by atoms with Crippen molar-refractivity contribution in [3.8, 4) is 11.1 Å². The number of alkyl halides is 3. The molecule has 5 nitrogen and oxygen atoms in total. The Bertz CT molecular complexity index is 1420. The van der Waals surface area contributed by atoms with Crippen LogP contribution in [0.3, 0.4) is 0 Å². The van der Waals surface area contributed by atoms with Gasteiger partial charge in [-0.1, -0.05) is 23.7 Å². The van der Waals surface area contributed by atoms with Crippen molar-refractivity contribution in [2.24, 2.45) is 0 Å². The van der Waals surface area contributed by atoms with Crippen molar-refractivity contribution in [2.45, 2.75) is 20.0 Å². The molecule has 0 aliphatic carbocycles. The van der Waals surface area contributed by atoms with Crippen LogP contribution in [0.15, 0.2) is 54.7 Å². The molecule has 0 aliphatic heterocycles. The van der Waals surface area contributed by atoms with Crippen molar-refractivity contribution in [1.82, 2.24) is 9.97 Å². The van der Waals surface area contributed by atoms with E-state index >= 15 is 0 Å². The number of carbonyl (C=O) groups excluding carboxylic acids is 1. The summed E-state index contributed by atoms with van der Waals surface area (Å²) in [5.41, 5.74) is 2.64. The third-order valence-corrected chi connectivity index (χ3v) is 5.87. The van der Waals surface area contributed by atoms with Gasteiger partial charge in [-0.2, -0.15) is 13.2 Å². The summed E-state index contributed by atoms with van der Waals surface area (Å²) in [7, 11) is 1.74. The van der Waals surface area contributed by atoms with Gasteiger partial charge in [0.1, 0.15) is 0 Å². The van der Waals surface area contributed by atoms with Gasteiger partial charge in [0.25, 0.3) is 5.91 Å². The van der Waals surface area contributed by atoms with E-state index in [1.54, 1.807) is 31.4 Å². The van der Waals surface area contributed by atoms with E-state index in [1.807, 2.05) is 25.1 Å². The van der Waals surface area contributed by atoms with Crippen molar-refractivity contribution >= 4 is 40.0 Å². The number of amides is 1. The number of hydrogen-bond donors (Lipinski definition) is 2. The van der Waals surface area contributed by atoms with E-state index in [0.29, 0.717) is 11.5 Å². The zero-order valence-electron chi connectivity index (χ0n) is 18.5. The van der Waals surface area contributed by atoms with Gasteiger partial charge in [0.05, 0.1) is 16.1 Å². The molecule has 0 bridgehead atoms. The molecule has 1 aromatic heterocycles. The first kappa shape index (κ1) is 23.5. The smallest absolute Gasteiger partial charge is 0.357 e. The minimum Gasteiger partial charge on any atom is -0.357 e. The normalized spacial score (nSPS) is 11.5. The molecule has 1 amide bonds. The van der Waals surface area contributed by atoms with Gasteiger partial charge in [0, 0.05) is 29.9 Å². The Balaban J connectivity index is 1.68. The average Bonchev–Trinajstić information content (AvgIpc) is 2.79. The monoisotopic (exact) mass is 484 g/mol. The highest BCUT2D eigenvalue weighted by molar-refractivity contribution is 6.31. The van der Waals surface area contributed by atoms with Crippen molar-refractivity contribution < 1.29 is 18.0 Å². The van der Waals surface area contributed by atoms with Crippen LogP contribution in [0.25, 0.3) is 22.0 Å². The number of anilines is 2. The van der Waals surface area contributed by atoms with Crippen LogP contribution < -0.4 is 10.6 Å². The first-order chi connectivity index (χ1) is 16.1. The third kappa shape index (κ3) is 4.54. The topological polar surface area (TPSA) is 66.9 Å². The number of nitrogens with one attached hydrogen (secondary N) is 2. The van der Waals surface area contributed by atoms with Crippen LogP contribution in [0.4, 0.5) is 24.8 Å². The number of aromatic nitrogens is 2. The van der Waals surface area contributed by atoms with Gasteiger partial charge < -0.3 is 10.6 Å². The molecule has 2 N–H and O–H groups in total. The lowest BCUT2D eigenvalue weighted by Crippen LogP contribution is -2.16. The molecule has 4 aromatic rings. The van der Waals surface area contributed by atoms with Gasteiger partial charge in [-0.15, -0.1) is 0 Å². The highest BCUT2D eigenvalue weighted by atomic mass is 35.5. The maximum Gasteiger partial charge on any atom is 0.418 e. The summed E-state index contributed by atoms with van der Waals surface area (Å²) in [6, 6.07) is 13.3. The lowest BCUT2D eigenvalue weighted by atomic mass is 9.96. The fourth-order valence-electron chi connectivity index (χ4n) is 3.75. The number of rotatable bonds is 4. The summed E-state index contributed by atoms with van der Waals surface area (Å²) < 4.78 is 40.1. The van der Waals surface area contributed by atoms with Gasteiger partial charge >= 0.3 is 6.18 Å². The number of carbonyl (C=O) groups is 1. The van der Waals surface area contributed by atoms with Gasteiger partial charge in [-0.05, 0) is 72.5 Å². The molecular formula is C25H20ClF3N4O. The standard InChI is InChI=1S/C25H20ClF3N4O/c1-13-4-5-16(23(34)32-20-9-7-19(26)22(14(20)2)25(27,28)29)11-18(13)15-6-8-21-17(10-15)12-31-24(30-3)33-21/h4-12H,1-3H3,(H,32,34)(H,30,31,33). The number of aryl methyl sites for hydroxylation is 1. The molecule has 0 saturated carbocycles. The fourth-order valence-corrected chi connectivity index (χ4v) is 4.06. The summed E-state index contributed by atoms with van der Waals surface area (Å²) in [5.74, 6) is -0.0103. The molecule has 0 unspecified atom stereocenters. The predicted molar refractivity (Wildman–Crippen MR) is 128 cm³/mol. The Morgan fingerprint density at radius 2 is 1.79 bits per heavy atom. The molecule has 0 fully saturated rings. The van der Waals surface area contributed by atoms with Crippen molar-refractivity contribution in [1.29, 1.82) is 0 Å². The summed E-state index contributed by atoms with van der Waals surface area (Å²) in [4.78, 5) is 21.6. The molecule has 174 valence electrons. The molecule has 1 heterocycles. The zero-order chi connectivity index (χ0) is 24.6. The van der Waals surface area contributed by atoms with Crippen LogP contribution in [0.5, 0.6) is 0 Å². The van der Waals surface area contributed by atoms with E-state index in [-0.39, 0.29) is 11.3 Å². The quantitative estimate of drug-likeness (QED) is 0.331. The predicted octanol–water partition coefficient (Wildman–Crippen LogP) is 6.88. The number of fused-ring (bicyclic) bond motifs is 1. The van der Waals surface area contributed by atoms with Gasteiger partial charge in [0.15, 0.2) is 0 Å². The van der Waals surface area contributed by atoms with Crippen LogP contribution in [0, 0.1) is 13.8 Å². The van der Waals surface area contributed by atoms with Crippen LogP contribution >= 0.6 is 11.6 Å². The maximum atomic E-state index is 13.4. The molecule has 0 aliphatic rings. The van der Waals surface area contributed by atoms with Crippen LogP contribution in [-0.2, 0) is 6.18 Å². The summed E-state index contributed by atoms with van der Waals surface area (Å²) in [6.07, 6.45) is -2.92. The van der Waals surface area contributed by atoms with Crippen molar-refractivity contribution in [3.05, 3.63) is 82.0 Å². The van der Waals surface area contributed by atoms with Crippen LogP contribution in [0.1, 0.15) is 27.0 Å². The SMILES string of the molecule is CNc1ncc2cc(-c3cc(C(=O)Nc4ccc(Cl)c(C(F)(F)F)c4C)ccc3C)ccc2n1. The Morgan fingerprint density at radius 1 is 1.03 bits per heavy atom. The average molecular weight is 485 g/mol. The molecule has 9 heteroatoms. The Kier molecular flexibility index (Phi) is 6.18. The highest BCUT2D eigenvalue weighted by Gasteiger charge is 2.36. The second-order valence-electron chi connectivity index (χ2n) is 7.79. The second-order valence-corrected chi connectivity index (χ2v) is 8.20. The number of benzene rings is 3. The number of halogens is 4. The minimum atomic E-state index is -4.63. The first-order valence-corrected chi connectivity index (χ1v) is 10.7. The van der Waals surface area contributed by atoms with Crippen molar-refractivity contribution in [2.75, 3.05) is 17.7 Å². The van der Waals surface area contributed by atoms with Gasteiger partial charge in [-0.25, -0.2) is 9.97 Å². The molecule has 0 saturated heterocycles. The Labute approximate surface area is 199 Å². The van der Waals surface area contributed by atoms with E-state index in [2.05, 4.69) is 20.6 Å². The molecule has 34 heavy (non-hydrogen) atoms. The lowest BCUT2D eigenvalue weighted by molar-refractivity contribution is -0.137. The fraction of sp³-hybridized carbons (Fsp3) is 0.160. The number of hydrogen-bond acceptors (Lipinski definition) is 4. The summed E-state index contributed by atoms with van der Waals surface area (Å²) in [5, 5.41) is 5.90. The van der Waals surface area contributed by atoms with E-state index in [0.717, 1.165) is 33.7 Å². The zero-order valence-corrected chi connectivity index (χ0v) is 19.3. The second kappa shape index (κ2) is 8.95. The Hall–Kier alpha value is -3.65. The molecule has 0 atom stereocenters. The van der Waals surface area contributed by atoms with Crippen molar-refractivity contribution in [3.63, 3.8) is 0 Å². The van der Waals surface area contributed by atoms with E-state index in [1.165, 1.54) is 13.0 Å². The highest BCUT2D eigenvalue weighted by Crippen LogP contribution is 2.39. The van der Waals surface area contributed by atoms with Gasteiger partial charge in [-0.3, -0.25) is 4.79 Å². The maximum absolute atomic E-state index is 13.4. The summed E-state index contributed by atoms with van der Waals surface area (Å²) in [6.45, 7) is 3.20. The minimum absolute atomic E-state index is 0.0482. The largest absolute Gasteiger partial charge is 0.418 e. The van der Waals surface area contributed by atoms with Crippen LogP contribution in [-0.4, -0.2) is 22.9 Å². The van der Waals surface area contributed by atoms with E-state index in [4.69, 9.17) is 11.6 Å². The molecule has 0 spiro atoms. The molecule has 3 aromatic carbocycles. The molecular weight excluding hydrogens is 465 g/mol. The lowest BCUT2D eigenvalue weighted by Gasteiger charge is -2.17. The molecule has 4 rings (SSSR count). The number of nitrogens with zero attached hydrogens (tertiary/aromatic N) is 2. The Morgan fingerprint density at radius 3 is 2.50 bits per heavy atom. The van der Waals surface area contributed by atoms with Gasteiger partial charge in [0.2, 0.25) is 5.95 Å². The third-order valence-electron chi connectivity index (χ3n) is 5.56. The summed E-state index contributed by atoms with van der Waals surface area (Å²) >= 11 is 5.76. The van der Waals surface area contributed by atoms with E-state index < -0.39 is 22.7 Å².